The van der Waals surface area contributed by atoms with Gasteiger partial charge in [0.2, 0.25) is 0 Å². The fourth-order valence-electron chi connectivity index (χ4n) is 1.19. The van der Waals surface area contributed by atoms with Gasteiger partial charge in [0.05, 0.1) is 0 Å². The smallest absolute Gasteiger partial charge is 0 e. The van der Waals surface area contributed by atoms with Gasteiger partial charge in [-0.1, -0.05) is 19.8 Å². The van der Waals surface area contributed by atoms with E-state index in [4.69, 9.17) is 6.58 Å². The second kappa shape index (κ2) is 5.93. The zero-order chi connectivity index (χ0) is 8.27. The predicted octanol–water partition coefficient (Wildman–Crippen LogP) is 2.37. The molecule has 0 N–H and O–H groups in total. The van der Waals surface area contributed by atoms with Gasteiger partial charge >= 0.3 is 0 Å². The molecule has 0 unspecified atom stereocenters. The van der Waals surface area contributed by atoms with E-state index in [0.29, 0.717) is 5.92 Å². The Kier molecular flexibility index (Phi) is 6.12. The molecule has 65 valence electrons. The third-order valence-corrected chi connectivity index (χ3v) is 1.71. The van der Waals surface area contributed by atoms with Gasteiger partial charge in [0.1, 0.15) is 0 Å². The average molecular weight is 238 g/mol. The number of rotatable bonds is 3. The molecule has 0 spiro atoms. The van der Waals surface area contributed by atoms with Crippen LogP contribution < -0.4 is 0 Å². The molecule has 1 aliphatic rings. The SMILES string of the molecule is [CH-]=C(CC(C)C)N1[C-]=CCC1.[Y]. The molecule has 0 aromatic heterocycles. The molecule has 0 saturated heterocycles. The fraction of sp³-hybridized carbons (Fsp3) is 0.600. The summed E-state index contributed by atoms with van der Waals surface area (Å²) in [4.78, 5) is 2.01. The molecule has 0 bridgehead atoms. The van der Waals surface area contributed by atoms with Crippen LogP contribution in [0.15, 0.2) is 11.8 Å². The summed E-state index contributed by atoms with van der Waals surface area (Å²) in [5, 5.41) is 0. The van der Waals surface area contributed by atoms with Crippen LogP contribution in [0.4, 0.5) is 0 Å². The largest absolute Gasteiger partial charge is 0.599 e. The molecule has 0 aliphatic carbocycles. The maximum Gasteiger partial charge on any atom is 0 e. The van der Waals surface area contributed by atoms with Crippen molar-refractivity contribution >= 4 is 0 Å². The Morgan fingerprint density at radius 3 is 2.75 bits per heavy atom. The van der Waals surface area contributed by atoms with Crippen LogP contribution in [0.3, 0.4) is 0 Å². The van der Waals surface area contributed by atoms with E-state index < -0.39 is 0 Å². The summed E-state index contributed by atoms with van der Waals surface area (Å²) in [7, 11) is 0. The molecule has 0 saturated carbocycles. The van der Waals surface area contributed by atoms with Crippen LogP contribution >= 0.6 is 0 Å². The molecule has 1 rings (SSSR count). The van der Waals surface area contributed by atoms with Gasteiger partial charge < -0.3 is 17.2 Å². The number of nitrogens with zero attached hydrogens (tertiary/aromatic N) is 1. The number of hydrogen-bond donors (Lipinski definition) is 0. The molecule has 1 aliphatic heterocycles. The van der Waals surface area contributed by atoms with Crippen molar-refractivity contribution in [2.24, 2.45) is 5.92 Å². The molecule has 0 aromatic rings. The van der Waals surface area contributed by atoms with Gasteiger partial charge in [0, 0.05) is 32.7 Å². The van der Waals surface area contributed by atoms with Crippen LogP contribution in [0.1, 0.15) is 26.7 Å². The standard InChI is InChI=1S/C10H15N.Y/c1-9(2)8-10(3)11-6-4-5-7-11;/h3-4,9H,5,7-8H2,1-2H3;/q-2;. The Morgan fingerprint density at radius 1 is 1.67 bits per heavy atom. The monoisotopic (exact) mass is 238 g/mol. The van der Waals surface area contributed by atoms with E-state index in [1.165, 1.54) is 0 Å². The van der Waals surface area contributed by atoms with Crippen LogP contribution in [0, 0.1) is 18.7 Å². The summed E-state index contributed by atoms with van der Waals surface area (Å²) in [6, 6.07) is 0. The van der Waals surface area contributed by atoms with E-state index in [0.717, 1.165) is 25.1 Å². The van der Waals surface area contributed by atoms with Crippen LogP contribution in [0.25, 0.3) is 0 Å². The normalized spacial score (nSPS) is 15.1. The van der Waals surface area contributed by atoms with Gasteiger partial charge in [-0.25, -0.2) is 0 Å². The van der Waals surface area contributed by atoms with Crippen LogP contribution in [0.2, 0.25) is 0 Å². The Hall–Kier alpha value is 0.384. The van der Waals surface area contributed by atoms with Crippen molar-refractivity contribution < 1.29 is 32.7 Å². The van der Waals surface area contributed by atoms with E-state index in [1.54, 1.807) is 0 Å². The van der Waals surface area contributed by atoms with Crippen LogP contribution in [-0.2, 0) is 32.7 Å². The third kappa shape index (κ3) is 3.86. The first-order valence-electron chi connectivity index (χ1n) is 4.17. The first-order chi connectivity index (χ1) is 5.20. The first-order valence-corrected chi connectivity index (χ1v) is 4.17. The maximum atomic E-state index is 5.84. The average Bonchev–Trinajstić information content (AvgIpc) is 2.35. The minimum Gasteiger partial charge on any atom is -0.599 e. The van der Waals surface area contributed by atoms with Crippen LogP contribution in [0.5, 0.6) is 0 Å². The molecule has 0 atom stereocenters. The minimum absolute atomic E-state index is 0. The molecule has 1 nitrogen and oxygen atoms in total. The van der Waals surface area contributed by atoms with Gasteiger partial charge in [-0.2, -0.15) is 12.3 Å². The van der Waals surface area contributed by atoms with Crippen molar-refractivity contribution in [2.75, 3.05) is 6.54 Å². The van der Waals surface area contributed by atoms with E-state index >= 15 is 0 Å². The summed E-state index contributed by atoms with van der Waals surface area (Å²) < 4.78 is 0. The first kappa shape index (κ1) is 12.4. The fourth-order valence-corrected chi connectivity index (χ4v) is 1.19. The third-order valence-electron chi connectivity index (χ3n) is 1.71. The molecule has 12 heavy (non-hydrogen) atoms. The van der Waals surface area contributed by atoms with Gasteiger partial charge in [-0.3, -0.25) is 0 Å². The van der Waals surface area contributed by atoms with E-state index in [1.807, 2.05) is 11.0 Å². The molecular formula is C10H15NY-2. The minimum atomic E-state index is 0. The second-order valence-corrected chi connectivity index (χ2v) is 3.36. The summed E-state index contributed by atoms with van der Waals surface area (Å²) in [5.41, 5.74) is 0.953. The van der Waals surface area contributed by atoms with Gasteiger partial charge in [-0.15, -0.1) is 6.42 Å². The molecule has 2 heteroatoms. The van der Waals surface area contributed by atoms with Crippen molar-refractivity contribution in [1.82, 2.24) is 4.90 Å². The van der Waals surface area contributed by atoms with Gasteiger partial charge in [-0.05, 0) is 13.0 Å². The molecule has 1 radical (unpaired) electrons. The molecular weight excluding hydrogens is 223 g/mol. The quantitative estimate of drug-likeness (QED) is 0.682. The second-order valence-electron chi connectivity index (χ2n) is 3.36. The zero-order valence-electron chi connectivity index (χ0n) is 7.88. The van der Waals surface area contributed by atoms with Crippen molar-refractivity contribution in [3.8, 4) is 0 Å². The predicted molar refractivity (Wildman–Crippen MR) is 46.4 cm³/mol. The topological polar surface area (TPSA) is 3.24 Å². The van der Waals surface area contributed by atoms with E-state index in [9.17, 15) is 0 Å². The van der Waals surface area contributed by atoms with Crippen molar-refractivity contribution in [2.45, 2.75) is 26.7 Å². The molecule has 0 amide bonds. The van der Waals surface area contributed by atoms with Crippen molar-refractivity contribution in [1.29, 1.82) is 0 Å². The number of hydrogen-bond acceptors (Lipinski definition) is 1. The molecule has 1 heterocycles. The number of allylic oxidation sites excluding steroid dienone is 1. The van der Waals surface area contributed by atoms with E-state index in [-0.39, 0.29) is 32.7 Å². The van der Waals surface area contributed by atoms with Gasteiger partial charge in [0.15, 0.2) is 0 Å². The maximum absolute atomic E-state index is 5.84. The molecule has 0 aromatic carbocycles. The Balaban J connectivity index is 0.00000121. The van der Waals surface area contributed by atoms with Gasteiger partial charge in [0.25, 0.3) is 0 Å². The summed E-state index contributed by atoms with van der Waals surface area (Å²) in [6.07, 6.45) is 7.20. The Morgan fingerprint density at radius 2 is 2.33 bits per heavy atom. The summed E-state index contributed by atoms with van der Waals surface area (Å²) in [6.45, 7) is 11.2. The Labute approximate surface area is 101 Å². The summed E-state index contributed by atoms with van der Waals surface area (Å²) in [5.74, 6) is 0.636. The van der Waals surface area contributed by atoms with Crippen molar-refractivity contribution in [3.05, 3.63) is 24.6 Å². The van der Waals surface area contributed by atoms with Crippen molar-refractivity contribution in [3.63, 3.8) is 0 Å². The Bertz CT molecular complexity index is 173. The summed E-state index contributed by atoms with van der Waals surface area (Å²) >= 11 is 0. The van der Waals surface area contributed by atoms with E-state index in [2.05, 4.69) is 20.0 Å². The van der Waals surface area contributed by atoms with Crippen LogP contribution in [-0.4, -0.2) is 11.4 Å². The zero-order valence-corrected chi connectivity index (χ0v) is 10.7. The molecule has 0 fully saturated rings.